The Kier molecular flexibility index (Phi) is 7.55. The van der Waals surface area contributed by atoms with E-state index in [0.29, 0.717) is 12.1 Å². The lowest BCUT2D eigenvalue weighted by molar-refractivity contribution is -0.147. The highest BCUT2D eigenvalue weighted by Gasteiger charge is 2.32. The maximum atomic E-state index is 13.1. The van der Waals surface area contributed by atoms with Gasteiger partial charge in [0.1, 0.15) is 0 Å². The number of hydrogen-bond donors (Lipinski definition) is 1. The molecule has 0 spiro atoms. The molecule has 8 heteroatoms. The zero-order valence-electron chi connectivity index (χ0n) is 20.9. The maximum absolute atomic E-state index is 13.1. The van der Waals surface area contributed by atoms with Crippen LogP contribution in [0.25, 0.3) is 10.9 Å². The first kappa shape index (κ1) is 27.3. The van der Waals surface area contributed by atoms with Crippen LogP contribution in [-0.4, -0.2) is 15.6 Å². The third-order valence-electron chi connectivity index (χ3n) is 6.45. The molecule has 0 atom stereocenters. The molecule has 3 nitrogen and oxygen atoms in total. The van der Waals surface area contributed by atoms with E-state index in [2.05, 4.69) is 34.1 Å². The van der Waals surface area contributed by atoms with Crippen molar-refractivity contribution in [1.82, 2.24) is 4.57 Å². The molecule has 0 aliphatic heterocycles. The summed E-state index contributed by atoms with van der Waals surface area (Å²) in [6.07, 6.45) is -4.15. The number of nitrogens with zero attached hydrogens (tertiary/aromatic N) is 1. The van der Waals surface area contributed by atoms with Crippen molar-refractivity contribution in [1.29, 1.82) is 0 Å². The first-order valence-corrected chi connectivity index (χ1v) is 13.3. The van der Waals surface area contributed by atoms with Gasteiger partial charge >= 0.3 is 12.1 Å². The summed E-state index contributed by atoms with van der Waals surface area (Å²) in [6, 6.07) is 17.3. The van der Waals surface area contributed by atoms with Gasteiger partial charge in [-0.2, -0.15) is 13.2 Å². The van der Waals surface area contributed by atoms with Crippen LogP contribution < -0.4 is 0 Å². The predicted octanol–water partition coefficient (Wildman–Crippen LogP) is 8.89. The Hall–Kier alpha value is -2.71. The van der Waals surface area contributed by atoms with E-state index in [4.69, 9.17) is 0 Å². The van der Waals surface area contributed by atoms with Crippen LogP contribution in [0.1, 0.15) is 41.8 Å². The molecule has 0 saturated heterocycles. The van der Waals surface area contributed by atoms with Gasteiger partial charge in [0.25, 0.3) is 0 Å². The van der Waals surface area contributed by atoms with E-state index in [-0.39, 0.29) is 6.42 Å². The Morgan fingerprint density at radius 3 is 2.30 bits per heavy atom. The number of aliphatic carboxylic acids is 1. The number of fused-ring (bicyclic) bond motifs is 1. The number of rotatable bonds is 7. The van der Waals surface area contributed by atoms with Crippen molar-refractivity contribution in [2.75, 3.05) is 0 Å². The average molecular weight is 591 g/mol. The molecule has 1 aromatic heterocycles. The van der Waals surface area contributed by atoms with E-state index in [0.717, 1.165) is 54.1 Å². The Labute approximate surface area is 226 Å². The van der Waals surface area contributed by atoms with Gasteiger partial charge < -0.3 is 9.67 Å². The lowest BCUT2D eigenvalue weighted by Crippen LogP contribution is -2.27. The van der Waals surface area contributed by atoms with Gasteiger partial charge in [0.05, 0.1) is 11.0 Å². The monoisotopic (exact) mass is 589 g/mol. The number of carboxylic acid groups (broad SMARTS) is 1. The summed E-state index contributed by atoms with van der Waals surface area (Å²) in [5.74, 6) is -0.914. The van der Waals surface area contributed by atoms with Gasteiger partial charge in [0.2, 0.25) is 0 Å². The van der Waals surface area contributed by atoms with Crippen molar-refractivity contribution in [2.45, 2.75) is 56.6 Å². The van der Waals surface area contributed by atoms with Gasteiger partial charge in [-0.05, 0) is 80.8 Å². The minimum Gasteiger partial charge on any atom is -0.481 e. The molecule has 37 heavy (non-hydrogen) atoms. The van der Waals surface area contributed by atoms with Crippen molar-refractivity contribution in [3.05, 3.63) is 93.1 Å². The molecule has 0 unspecified atom stereocenters. The number of alkyl halides is 3. The summed E-state index contributed by atoms with van der Waals surface area (Å²) in [7, 11) is 0. The number of carbonyl (C=O) groups is 1. The van der Waals surface area contributed by atoms with Crippen LogP contribution in [-0.2, 0) is 23.9 Å². The standard InChI is InChI=1S/C29H27BrF3NO2S/c1-17-5-6-18(2)25(13-17)37-26-22-14-21(30)11-12-23(22)34(24(26)15-28(3,4)27(35)36)16-19-7-9-20(10-8-19)29(31,32)33/h5-14H,15-16H2,1-4H3,(H,35,36). The van der Waals surface area contributed by atoms with Crippen molar-refractivity contribution < 1.29 is 23.1 Å². The summed E-state index contributed by atoms with van der Waals surface area (Å²) in [4.78, 5) is 14.2. The first-order chi connectivity index (χ1) is 17.3. The fourth-order valence-corrected chi connectivity index (χ4v) is 5.85. The zero-order valence-corrected chi connectivity index (χ0v) is 23.3. The minimum absolute atomic E-state index is 0.252. The van der Waals surface area contributed by atoms with Crippen LogP contribution in [0, 0.1) is 19.3 Å². The van der Waals surface area contributed by atoms with Gasteiger partial charge in [-0.3, -0.25) is 4.79 Å². The van der Waals surface area contributed by atoms with Crippen LogP contribution in [0.2, 0.25) is 0 Å². The number of carboxylic acids is 1. The predicted molar refractivity (Wildman–Crippen MR) is 145 cm³/mol. The Morgan fingerprint density at radius 1 is 1.00 bits per heavy atom. The second-order valence-electron chi connectivity index (χ2n) is 9.95. The number of aromatic nitrogens is 1. The Morgan fingerprint density at radius 2 is 1.68 bits per heavy atom. The molecule has 0 bridgehead atoms. The molecule has 3 aromatic carbocycles. The van der Waals surface area contributed by atoms with E-state index in [9.17, 15) is 23.1 Å². The quantitative estimate of drug-likeness (QED) is 0.234. The van der Waals surface area contributed by atoms with Gasteiger partial charge in [0.15, 0.2) is 0 Å². The lowest BCUT2D eigenvalue weighted by atomic mass is 9.88. The Balaban J connectivity index is 1.92. The van der Waals surface area contributed by atoms with Crippen LogP contribution in [0.5, 0.6) is 0 Å². The highest BCUT2D eigenvalue weighted by atomic mass is 79.9. The molecule has 1 N–H and O–H groups in total. The summed E-state index contributed by atoms with van der Waals surface area (Å²) in [6.45, 7) is 7.77. The van der Waals surface area contributed by atoms with E-state index < -0.39 is 23.1 Å². The van der Waals surface area contributed by atoms with Gasteiger partial charge in [-0.15, -0.1) is 0 Å². The molecule has 1 heterocycles. The first-order valence-electron chi connectivity index (χ1n) is 11.7. The molecule has 4 aromatic rings. The van der Waals surface area contributed by atoms with Crippen LogP contribution >= 0.6 is 27.7 Å². The molecule has 0 aliphatic carbocycles. The van der Waals surface area contributed by atoms with E-state index in [1.54, 1.807) is 25.6 Å². The van der Waals surface area contributed by atoms with Gasteiger partial charge in [-0.25, -0.2) is 0 Å². The van der Waals surface area contributed by atoms with Crippen molar-refractivity contribution in [3.8, 4) is 0 Å². The van der Waals surface area contributed by atoms with Gasteiger partial charge in [-0.1, -0.05) is 52.0 Å². The number of benzene rings is 3. The number of aryl methyl sites for hydroxylation is 2. The SMILES string of the molecule is Cc1ccc(C)c(Sc2c(CC(C)(C)C(=O)O)n(Cc3ccc(C(F)(F)F)cc3)c3ccc(Br)cc23)c1. The molecular formula is C29H27BrF3NO2S. The third kappa shape index (κ3) is 5.91. The van der Waals surface area contributed by atoms with E-state index in [1.807, 2.05) is 36.6 Å². The number of halogens is 4. The average Bonchev–Trinajstić information content (AvgIpc) is 3.07. The van der Waals surface area contributed by atoms with Crippen molar-refractivity contribution in [3.63, 3.8) is 0 Å². The molecular weight excluding hydrogens is 563 g/mol. The lowest BCUT2D eigenvalue weighted by Gasteiger charge is -2.22. The second-order valence-corrected chi connectivity index (χ2v) is 11.9. The molecule has 0 radical (unpaired) electrons. The fraction of sp³-hybridized carbons (Fsp3) is 0.276. The van der Waals surface area contributed by atoms with E-state index >= 15 is 0 Å². The molecule has 0 saturated carbocycles. The topological polar surface area (TPSA) is 42.2 Å². The summed E-state index contributed by atoms with van der Waals surface area (Å²) < 4.78 is 42.3. The normalized spacial score (nSPS) is 12.3. The smallest absolute Gasteiger partial charge is 0.416 e. The molecule has 0 amide bonds. The van der Waals surface area contributed by atoms with Crippen LogP contribution in [0.15, 0.2) is 74.9 Å². The third-order valence-corrected chi connectivity index (χ3v) is 8.26. The largest absolute Gasteiger partial charge is 0.481 e. The molecule has 194 valence electrons. The summed E-state index contributed by atoms with van der Waals surface area (Å²) in [5.41, 5.74) is 2.91. The number of hydrogen-bond acceptors (Lipinski definition) is 2. The molecule has 0 aliphatic rings. The highest BCUT2D eigenvalue weighted by Crippen LogP contribution is 2.43. The summed E-state index contributed by atoms with van der Waals surface area (Å²) in [5, 5.41) is 10.9. The minimum atomic E-state index is -4.41. The summed E-state index contributed by atoms with van der Waals surface area (Å²) >= 11 is 5.17. The zero-order chi connectivity index (χ0) is 27.1. The van der Waals surface area contributed by atoms with Crippen LogP contribution in [0.3, 0.4) is 0 Å². The molecule has 0 fully saturated rings. The second kappa shape index (κ2) is 10.2. The fourth-order valence-electron chi connectivity index (χ4n) is 4.22. The highest BCUT2D eigenvalue weighted by molar-refractivity contribution is 9.10. The van der Waals surface area contributed by atoms with Crippen LogP contribution in [0.4, 0.5) is 13.2 Å². The Bertz CT molecular complexity index is 1470. The maximum Gasteiger partial charge on any atom is 0.416 e. The molecule has 4 rings (SSSR count). The van der Waals surface area contributed by atoms with Crippen molar-refractivity contribution >= 4 is 44.6 Å². The van der Waals surface area contributed by atoms with E-state index in [1.165, 1.54) is 12.1 Å². The van der Waals surface area contributed by atoms with Crippen molar-refractivity contribution in [2.24, 2.45) is 5.41 Å². The van der Waals surface area contributed by atoms with Gasteiger partial charge in [0, 0.05) is 43.8 Å².